The van der Waals surface area contributed by atoms with Gasteiger partial charge in [0.2, 0.25) is 5.89 Å². The average Bonchev–Trinajstić information content (AvgIpc) is 3.16. The van der Waals surface area contributed by atoms with Gasteiger partial charge in [0.25, 0.3) is 5.91 Å². The molecule has 0 radical (unpaired) electrons. The molecule has 152 valence electrons. The number of aromatic nitrogens is 1. The van der Waals surface area contributed by atoms with Crippen molar-refractivity contribution >= 4 is 57.5 Å². The molecule has 0 aliphatic heterocycles. The van der Waals surface area contributed by atoms with Crippen LogP contribution in [0.5, 0.6) is 5.75 Å². The average molecular weight is 462 g/mol. The van der Waals surface area contributed by atoms with Crippen LogP contribution in [0.1, 0.15) is 6.92 Å². The number of ether oxygens (including phenoxy) is 1. The van der Waals surface area contributed by atoms with Crippen molar-refractivity contribution in [2.75, 3.05) is 5.32 Å². The van der Waals surface area contributed by atoms with Gasteiger partial charge in [-0.1, -0.05) is 46.9 Å². The van der Waals surface area contributed by atoms with E-state index in [-0.39, 0.29) is 0 Å². The molecule has 0 saturated carbocycles. The number of hydrogen-bond donors (Lipinski definition) is 1. The van der Waals surface area contributed by atoms with Crippen molar-refractivity contribution in [2.45, 2.75) is 13.0 Å². The highest BCUT2D eigenvalue weighted by Gasteiger charge is 2.19. The fraction of sp³-hybridized carbons (Fsp3) is 0.0909. The second kappa shape index (κ2) is 8.56. The summed E-state index contributed by atoms with van der Waals surface area (Å²) in [6.45, 7) is 1.61. The van der Waals surface area contributed by atoms with E-state index in [0.29, 0.717) is 43.5 Å². The molecule has 0 unspecified atom stereocenters. The maximum atomic E-state index is 12.6. The van der Waals surface area contributed by atoms with Gasteiger partial charge in [-0.2, -0.15) is 0 Å². The Bertz CT molecular complexity index is 1210. The lowest BCUT2D eigenvalue weighted by atomic mass is 10.2. The van der Waals surface area contributed by atoms with E-state index in [4.69, 9.17) is 44.0 Å². The quantitative estimate of drug-likeness (QED) is 0.352. The van der Waals surface area contributed by atoms with Gasteiger partial charge in [-0.15, -0.1) is 0 Å². The highest BCUT2D eigenvalue weighted by Crippen LogP contribution is 2.31. The number of amides is 1. The smallest absolute Gasteiger partial charge is 0.265 e. The Morgan fingerprint density at radius 2 is 1.83 bits per heavy atom. The molecule has 0 bridgehead atoms. The number of nitrogens with one attached hydrogen (secondary N) is 1. The van der Waals surface area contributed by atoms with Gasteiger partial charge in [0.15, 0.2) is 11.7 Å². The van der Waals surface area contributed by atoms with Crippen LogP contribution in [0.3, 0.4) is 0 Å². The molecule has 1 amide bonds. The Kier molecular flexibility index (Phi) is 5.86. The van der Waals surface area contributed by atoms with Crippen LogP contribution < -0.4 is 10.1 Å². The Labute approximate surface area is 187 Å². The Morgan fingerprint density at radius 3 is 2.60 bits per heavy atom. The normalized spacial score (nSPS) is 12.0. The van der Waals surface area contributed by atoms with E-state index < -0.39 is 12.0 Å². The van der Waals surface area contributed by atoms with Gasteiger partial charge in [0, 0.05) is 10.6 Å². The minimum Gasteiger partial charge on any atom is -0.479 e. The monoisotopic (exact) mass is 460 g/mol. The molecule has 1 atom stereocenters. The Balaban J connectivity index is 1.53. The molecule has 0 aliphatic rings. The van der Waals surface area contributed by atoms with Gasteiger partial charge in [-0.05, 0) is 55.5 Å². The first-order valence-electron chi connectivity index (χ1n) is 8.99. The maximum absolute atomic E-state index is 12.6. The van der Waals surface area contributed by atoms with E-state index in [1.54, 1.807) is 43.3 Å². The topological polar surface area (TPSA) is 64.4 Å². The second-order valence-corrected chi connectivity index (χ2v) is 7.76. The van der Waals surface area contributed by atoms with E-state index in [9.17, 15) is 4.79 Å². The van der Waals surface area contributed by atoms with E-state index in [0.717, 1.165) is 5.52 Å². The van der Waals surface area contributed by atoms with Gasteiger partial charge < -0.3 is 14.5 Å². The first-order valence-corrected chi connectivity index (χ1v) is 10.1. The van der Waals surface area contributed by atoms with Crippen molar-refractivity contribution in [2.24, 2.45) is 0 Å². The summed E-state index contributed by atoms with van der Waals surface area (Å²) < 4.78 is 11.4. The number of oxazole rings is 1. The number of nitrogens with zero attached hydrogens (tertiary/aromatic N) is 1. The van der Waals surface area contributed by atoms with E-state index >= 15 is 0 Å². The third-order valence-corrected chi connectivity index (χ3v) is 5.19. The number of anilines is 1. The molecule has 0 spiro atoms. The van der Waals surface area contributed by atoms with Gasteiger partial charge in [-0.25, -0.2) is 4.98 Å². The standard InChI is InChI=1S/C22H15Cl3N2O3/c1-12(29-19-9-7-14(23)11-16(19)25)21(28)26-18-10-13(6-8-15(18)24)22-27-17-4-2-3-5-20(17)30-22/h2-12H,1H3,(H,26,28)/t12-/m1/s1. The first-order chi connectivity index (χ1) is 14.4. The van der Waals surface area contributed by atoms with Crippen molar-refractivity contribution in [1.29, 1.82) is 0 Å². The van der Waals surface area contributed by atoms with Crippen LogP contribution in [-0.2, 0) is 4.79 Å². The van der Waals surface area contributed by atoms with E-state index in [1.165, 1.54) is 0 Å². The second-order valence-electron chi connectivity index (χ2n) is 6.51. The maximum Gasteiger partial charge on any atom is 0.265 e. The predicted molar refractivity (Wildman–Crippen MR) is 120 cm³/mol. The molecule has 3 aromatic carbocycles. The van der Waals surface area contributed by atoms with Crippen LogP contribution >= 0.6 is 34.8 Å². The number of rotatable bonds is 5. The number of carbonyl (C=O) groups excluding carboxylic acids is 1. The molecular weight excluding hydrogens is 447 g/mol. The number of para-hydroxylation sites is 2. The number of halogens is 3. The van der Waals surface area contributed by atoms with E-state index in [2.05, 4.69) is 10.3 Å². The lowest BCUT2D eigenvalue weighted by Crippen LogP contribution is -2.30. The molecule has 4 aromatic rings. The third-order valence-electron chi connectivity index (χ3n) is 4.33. The minimum atomic E-state index is -0.826. The van der Waals surface area contributed by atoms with Crippen molar-refractivity contribution in [3.8, 4) is 17.2 Å². The molecule has 0 saturated heterocycles. The predicted octanol–water partition coefficient (Wildman–Crippen LogP) is 6.86. The van der Waals surface area contributed by atoms with Crippen LogP contribution in [0.15, 0.2) is 65.1 Å². The SMILES string of the molecule is C[C@@H](Oc1ccc(Cl)cc1Cl)C(=O)Nc1cc(-c2nc3ccccc3o2)ccc1Cl. The van der Waals surface area contributed by atoms with Gasteiger partial charge in [0.1, 0.15) is 11.3 Å². The third kappa shape index (κ3) is 4.38. The summed E-state index contributed by atoms with van der Waals surface area (Å²) >= 11 is 18.3. The summed E-state index contributed by atoms with van der Waals surface area (Å²) in [4.78, 5) is 17.1. The molecular formula is C22H15Cl3N2O3. The largest absolute Gasteiger partial charge is 0.479 e. The highest BCUT2D eigenvalue weighted by molar-refractivity contribution is 6.35. The molecule has 30 heavy (non-hydrogen) atoms. The van der Waals surface area contributed by atoms with Crippen molar-refractivity contribution in [3.63, 3.8) is 0 Å². The fourth-order valence-corrected chi connectivity index (χ4v) is 3.42. The van der Waals surface area contributed by atoms with Crippen molar-refractivity contribution in [1.82, 2.24) is 4.98 Å². The molecule has 5 nitrogen and oxygen atoms in total. The molecule has 0 fully saturated rings. The lowest BCUT2D eigenvalue weighted by Gasteiger charge is -2.16. The van der Waals surface area contributed by atoms with Crippen LogP contribution in [0.2, 0.25) is 15.1 Å². The lowest BCUT2D eigenvalue weighted by molar-refractivity contribution is -0.122. The van der Waals surface area contributed by atoms with Gasteiger partial charge >= 0.3 is 0 Å². The zero-order valence-electron chi connectivity index (χ0n) is 15.7. The highest BCUT2D eigenvalue weighted by atomic mass is 35.5. The zero-order valence-corrected chi connectivity index (χ0v) is 17.9. The number of carbonyl (C=O) groups is 1. The number of fused-ring (bicyclic) bond motifs is 1. The van der Waals surface area contributed by atoms with Crippen LogP contribution in [-0.4, -0.2) is 17.0 Å². The Hall–Kier alpha value is -2.73. The molecule has 1 heterocycles. The molecule has 8 heteroatoms. The zero-order chi connectivity index (χ0) is 21.3. The molecule has 4 rings (SSSR count). The van der Waals surface area contributed by atoms with Crippen LogP contribution in [0, 0.1) is 0 Å². The van der Waals surface area contributed by atoms with Gasteiger partial charge in [-0.3, -0.25) is 4.79 Å². The number of benzene rings is 3. The van der Waals surface area contributed by atoms with Crippen molar-refractivity contribution < 1.29 is 13.9 Å². The van der Waals surface area contributed by atoms with Crippen LogP contribution in [0.25, 0.3) is 22.6 Å². The summed E-state index contributed by atoms with van der Waals surface area (Å²) in [7, 11) is 0. The summed E-state index contributed by atoms with van der Waals surface area (Å²) in [5.41, 5.74) is 2.52. The molecule has 0 aliphatic carbocycles. The van der Waals surface area contributed by atoms with Crippen molar-refractivity contribution in [3.05, 3.63) is 75.7 Å². The van der Waals surface area contributed by atoms with Gasteiger partial charge in [0.05, 0.1) is 15.7 Å². The summed E-state index contributed by atoms with van der Waals surface area (Å²) in [6.07, 6.45) is -0.826. The van der Waals surface area contributed by atoms with E-state index in [1.807, 2.05) is 24.3 Å². The Morgan fingerprint density at radius 1 is 1.03 bits per heavy atom. The molecule has 1 aromatic heterocycles. The number of hydrogen-bond acceptors (Lipinski definition) is 4. The summed E-state index contributed by atoms with van der Waals surface area (Å²) in [5, 5.41) is 3.94. The first kappa shape index (κ1) is 20.5. The summed E-state index contributed by atoms with van der Waals surface area (Å²) in [5.74, 6) is 0.397. The summed E-state index contributed by atoms with van der Waals surface area (Å²) in [6, 6.07) is 17.4. The fourth-order valence-electron chi connectivity index (χ4n) is 2.80. The minimum absolute atomic E-state index is 0.318. The molecule has 1 N–H and O–H groups in total. The van der Waals surface area contributed by atoms with Crippen LogP contribution in [0.4, 0.5) is 5.69 Å².